The molecule has 7 heteroatoms. The van der Waals surface area contributed by atoms with E-state index in [4.69, 9.17) is 16.5 Å². The van der Waals surface area contributed by atoms with Gasteiger partial charge in [-0.25, -0.2) is 4.99 Å². The summed E-state index contributed by atoms with van der Waals surface area (Å²) in [6, 6.07) is 19.5. The van der Waals surface area contributed by atoms with E-state index in [0.29, 0.717) is 11.9 Å². The van der Waals surface area contributed by atoms with E-state index in [0.717, 1.165) is 70.6 Å². The lowest BCUT2D eigenvalue weighted by Crippen LogP contribution is -2.58. The summed E-state index contributed by atoms with van der Waals surface area (Å²) in [5, 5.41) is 0. The van der Waals surface area contributed by atoms with E-state index < -0.39 is 0 Å². The molecule has 0 atom stereocenters. The largest absolute Gasteiger partial charge is 0.369 e. The van der Waals surface area contributed by atoms with Gasteiger partial charge < -0.3 is 11.5 Å². The van der Waals surface area contributed by atoms with Gasteiger partial charge in [-0.2, -0.15) is 4.99 Å². The molecule has 4 N–H and O–H groups in total. The summed E-state index contributed by atoms with van der Waals surface area (Å²) in [5.41, 5.74) is 15.7. The topological polar surface area (TPSA) is 86.5 Å². The van der Waals surface area contributed by atoms with Crippen molar-refractivity contribution in [2.45, 2.75) is 50.9 Å². The summed E-state index contributed by atoms with van der Waals surface area (Å²) in [6.07, 6.45) is 5.42. The standard InChI is InChI=1S/C26H35N7/c27-24-29-25(28)33(26(30-24)13-5-2-6-14-26)23-11-9-22(10-12-23)20-32-17-15-31(16-18-32)19-21-7-3-1-4-8-21/h1,3-4,7-12H,2,5-6,13-20H2,(H4,27,28,29,30). The SMILES string of the molecule is NC1=NC2(CCCCC2)N(c2ccc(CN3CCN(Cc4ccccc4)CC3)cc2)C(N)=N1. The predicted molar refractivity (Wildman–Crippen MR) is 135 cm³/mol. The molecule has 0 bridgehead atoms. The number of nitrogens with two attached hydrogens (primary N) is 2. The Balaban J connectivity index is 1.21. The third-order valence-electron chi connectivity index (χ3n) is 7.17. The van der Waals surface area contributed by atoms with Gasteiger partial charge in [0.25, 0.3) is 0 Å². The highest BCUT2D eigenvalue weighted by atomic mass is 15.4. The van der Waals surface area contributed by atoms with Crippen LogP contribution in [0, 0.1) is 0 Å². The predicted octanol–water partition coefficient (Wildman–Crippen LogP) is 3.11. The summed E-state index contributed by atoms with van der Waals surface area (Å²) in [4.78, 5) is 16.2. The van der Waals surface area contributed by atoms with Gasteiger partial charge in [-0.1, -0.05) is 48.9 Å². The third kappa shape index (κ3) is 4.89. The zero-order chi connectivity index (χ0) is 22.7. The van der Waals surface area contributed by atoms with Crippen LogP contribution in [0.15, 0.2) is 64.6 Å². The Labute approximate surface area is 196 Å². The van der Waals surface area contributed by atoms with Gasteiger partial charge in [0, 0.05) is 45.0 Å². The molecule has 3 aliphatic rings. The van der Waals surface area contributed by atoms with Crippen molar-refractivity contribution < 1.29 is 0 Å². The molecule has 2 aromatic carbocycles. The number of piperazine rings is 1. The molecule has 1 aliphatic carbocycles. The van der Waals surface area contributed by atoms with Crippen LogP contribution in [0.5, 0.6) is 0 Å². The maximum atomic E-state index is 6.36. The van der Waals surface area contributed by atoms with Crippen molar-refractivity contribution in [3.8, 4) is 0 Å². The van der Waals surface area contributed by atoms with E-state index in [1.54, 1.807) is 0 Å². The van der Waals surface area contributed by atoms with Gasteiger partial charge in [0.05, 0.1) is 0 Å². The number of aliphatic imine (C=N–C) groups is 2. The molecule has 2 aliphatic heterocycles. The zero-order valence-corrected chi connectivity index (χ0v) is 19.4. The fourth-order valence-corrected chi connectivity index (χ4v) is 5.45. The highest BCUT2D eigenvalue weighted by Crippen LogP contribution is 2.39. The zero-order valence-electron chi connectivity index (χ0n) is 19.4. The van der Waals surface area contributed by atoms with Gasteiger partial charge in [-0.3, -0.25) is 14.7 Å². The monoisotopic (exact) mass is 445 g/mol. The Hall–Kier alpha value is -2.90. The van der Waals surface area contributed by atoms with Gasteiger partial charge in [0.2, 0.25) is 11.9 Å². The van der Waals surface area contributed by atoms with Gasteiger partial charge >= 0.3 is 0 Å². The Morgan fingerprint density at radius 2 is 1.30 bits per heavy atom. The molecule has 1 spiro atoms. The molecular weight excluding hydrogens is 410 g/mol. The molecular formula is C26H35N7. The van der Waals surface area contributed by atoms with Gasteiger partial charge in [-0.15, -0.1) is 0 Å². The van der Waals surface area contributed by atoms with Crippen LogP contribution in [0.25, 0.3) is 0 Å². The molecule has 0 radical (unpaired) electrons. The third-order valence-corrected chi connectivity index (χ3v) is 7.17. The summed E-state index contributed by atoms with van der Waals surface area (Å²) in [5.74, 6) is 0.750. The number of guanidine groups is 2. The first kappa shape index (κ1) is 21.9. The van der Waals surface area contributed by atoms with E-state index in [1.807, 2.05) is 0 Å². The number of nitrogens with zero attached hydrogens (tertiary/aromatic N) is 5. The van der Waals surface area contributed by atoms with Crippen LogP contribution in [-0.2, 0) is 13.1 Å². The first-order valence-electron chi connectivity index (χ1n) is 12.2. The summed E-state index contributed by atoms with van der Waals surface area (Å²) < 4.78 is 0. The number of anilines is 1. The van der Waals surface area contributed by atoms with Crippen molar-refractivity contribution in [3.63, 3.8) is 0 Å². The smallest absolute Gasteiger partial charge is 0.220 e. The summed E-state index contributed by atoms with van der Waals surface area (Å²) in [6.45, 7) is 6.41. The molecule has 2 aromatic rings. The van der Waals surface area contributed by atoms with Crippen molar-refractivity contribution in [1.29, 1.82) is 0 Å². The Morgan fingerprint density at radius 3 is 1.91 bits per heavy atom. The van der Waals surface area contributed by atoms with Crippen molar-refractivity contribution in [2.24, 2.45) is 21.5 Å². The second-order valence-corrected chi connectivity index (χ2v) is 9.52. The highest BCUT2D eigenvalue weighted by Gasteiger charge is 2.42. The van der Waals surface area contributed by atoms with Crippen molar-refractivity contribution in [1.82, 2.24) is 9.80 Å². The number of hydrogen-bond donors (Lipinski definition) is 2. The van der Waals surface area contributed by atoms with E-state index >= 15 is 0 Å². The molecule has 7 nitrogen and oxygen atoms in total. The minimum atomic E-state index is -0.384. The fraction of sp³-hybridized carbons (Fsp3) is 0.462. The highest BCUT2D eigenvalue weighted by molar-refractivity contribution is 6.05. The second kappa shape index (κ2) is 9.53. The first-order valence-corrected chi connectivity index (χ1v) is 12.2. The summed E-state index contributed by atoms with van der Waals surface area (Å²) >= 11 is 0. The second-order valence-electron chi connectivity index (χ2n) is 9.52. The average molecular weight is 446 g/mol. The molecule has 1 saturated heterocycles. The fourth-order valence-electron chi connectivity index (χ4n) is 5.45. The molecule has 2 fully saturated rings. The maximum absolute atomic E-state index is 6.36. The van der Waals surface area contributed by atoms with E-state index in [1.165, 1.54) is 17.5 Å². The molecule has 33 heavy (non-hydrogen) atoms. The van der Waals surface area contributed by atoms with Gasteiger partial charge in [-0.05, 0) is 48.9 Å². The lowest BCUT2D eigenvalue weighted by molar-refractivity contribution is 0.122. The lowest BCUT2D eigenvalue weighted by atomic mass is 9.87. The lowest BCUT2D eigenvalue weighted by Gasteiger charge is -2.45. The van der Waals surface area contributed by atoms with E-state index in [9.17, 15) is 0 Å². The van der Waals surface area contributed by atoms with Crippen LogP contribution in [0.3, 0.4) is 0 Å². The first-order chi connectivity index (χ1) is 16.1. The van der Waals surface area contributed by atoms with Gasteiger partial charge in [0.15, 0.2) is 0 Å². The Morgan fingerprint density at radius 1 is 0.727 bits per heavy atom. The van der Waals surface area contributed by atoms with Crippen LogP contribution in [0.2, 0.25) is 0 Å². The molecule has 0 unspecified atom stereocenters. The van der Waals surface area contributed by atoms with Crippen molar-refractivity contribution in [2.75, 3.05) is 31.1 Å². The van der Waals surface area contributed by atoms with Crippen LogP contribution >= 0.6 is 0 Å². The molecule has 0 amide bonds. The average Bonchev–Trinajstić information content (AvgIpc) is 2.82. The molecule has 2 heterocycles. The Kier molecular flexibility index (Phi) is 6.33. The maximum Gasteiger partial charge on any atom is 0.220 e. The number of benzene rings is 2. The molecule has 0 aromatic heterocycles. The summed E-state index contributed by atoms with van der Waals surface area (Å²) in [7, 11) is 0. The molecule has 1 saturated carbocycles. The van der Waals surface area contributed by atoms with Crippen molar-refractivity contribution in [3.05, 3.63) is 65.7 Å². The minimum absolute atomic E-state index is 0.300. The Bertz CT molecular complexity index is 985. The number of rotatable bonds is 5. The van der Waals surface area contributed by atoms with Crippen LogP contribution in [-0.4, -0.2) is 53.6 Å². The minimum Gasteiger partial charge on any atom is -0.369 e. The van der Waals surface area contributed by atoms with Crippen LogP contribution < -0.4 is 16.4 Å². The quantitative estimate of drug-likeness (QED) is 0.739. The number of hydrogen-bond acceptors (Lipinski definition) is 7. The van der Waals surface area contributed by atoms with E-state index in [2.05, 4.69) is 74.3 Å². The van der Waals surface area contributed by atoms with E-state index in [-0.39, 0.29) is 5.66 Å². The van der Waals surface area contributed by atoms with Crippen molar-refractivity contribution >= 4 is 17.6 Å². The van der Waals surface area contributed by atoms with Crippen LogP contribution in [0.1, 0.15) is 43.2 Å². The molecule has 5 rings (SSSR count). The van der Waals surface area contributed by atoms with Crippen LogP contribution in [0.4, 0.5) is 5.69 Å². The normalized spacial score (nSPS) is 21.6. The van der Waals surface area contributed by atoms with Gasteiger partial charge in [0.1, 0.15) is 5.66 Å². The molecule has 174 valence electrons.